The van der Waals surface area contributed by atoms with Crippen molar-refractivity contribution in [2.75, 3.05) is 0 Å². The van der Waals surface area contributed by atoms with Gasteiger partial charge in [-0.15, -0.1) is 0 Å². The molecule has 0 unspecified atom stereocenters. The average molecular weight is 531 g/mol. The number of benzene rings is 1. The zero-order chi connectivity index (χ0) is 28.0. The van der Waals surface area contributed by atoms with Gasteiger partial charge in [-0.25, -0.2) is 4.79 Å². The minimum absolute atomic E-state index is 0.00948. The highest BCUT2D eigenvalue weighted by molar-refractivity contribution is 5.89. The van der Waals surface area contributed by atoms with Crippen molar-refractivity contribution in [1.82, 2.24) is 0 Å². The van der Waals surface area contributed by atoms with E-state index in [4.69, 9.17) is 4.74 Å². The van der Waals surface area contributed by atoms with E-state index in [1.165, 1.54) is 63.4 Å². The molecule has 0 radical (unpaired) electrons. The Morgan fingerprint density at radius 2 is 1.51 bits per heavy atom. The average Bonchev–Trinajstić information content (AvgIpc) is 3.24. The van der Waals surface area contributed by atoms with Crippen LogP contribution in [0.3, 0.4) is 0 Å². The molecule has 5 aliphatic carbocycles. The third-order valence-corrected chi connectivity index (χ3v) is 14.7. The predicted octanol–water partition coefficient (Wildman–Crippen LogP) is 9.89. The smallest absolute Gasteiger partial charge is 0.338 e. The van der Waals surface area contributed by atoms with Gasteiger partial charge in [-0.3, -0.25) is 0 Å². The van der Waals surface area contributed by atoms with Crippen molar-refractivity contribution >= 4 is 5.97 Å². The number of esters is 1. The topological polar surface area (TPSA) is 26.3 Å². The van der Waals surface area contributed by atoms with Gasteiger partial charge in [0.2, 0.25) is 0 Å². The van der Waals surface area contributed by atoms with E-state index in [1.807, 2.05) is 30.3 Å². The number of fused-ring (bicyclic) bond motifs is 7. The van der Waals surface area contributed by atoms with Crippen molar-refractivity contribution in [2.45, 2.75) is 119 Å². The van der Waals surface area contributed by atoms with Crippen LogP contribution >= 0.6 is 0 Å². The molecule has 5 aliphatic rings. The van der Waals surface area contributed by atoms with Crippen LogP contribution in [0.5, 0.6) is 0 Å². The van der Waals surface area contributed by atoms with Gasteiger partial charge < -0.3 is 4.74 Å². The van der Waals surface area contributed by atoms with Crippen molar-refractivity contribution in [1.29, 1.82) is 0 Å². The summed E-state index contributed by atoms with van der Waals surface area (Å²) in [6.07, 6.45) is 13.1. The predicted molar refractivity (Wildman–Crippen MR) is 160 cm³/mol. The van der Waals surface area contributed by atoms with E-state index in [1.54, 1.807) is 0 Å². The number of carbonyl (C=O) groups is 1. The summed E-state index contributed by atoms with van der Waals surface area (Å²) in [4.78, 5) is 13.1. The van der Waals surface area contributed by atoms with Gasteiger partial charge in [0.1, 0.15) is 6.10 Å². The molecule has 6 rings (SSSR count). The highest BCUT2D eigenvalue weighted by Gasteiger charge is 2.70. The second-order valence-electron chi connectivity index (χ2n) is 16.5. The highest BCUT2D eigenvalue weighted by Crippen LogP contribution is 2.77. The van der Waals surface area contributed by atoms with Gasteiger partial charge >= 0.3 is 5.97 Å². The zero-order valence-corrected chi connectivity index (χ0v) is 25.9. The Labute approximate surface area is 238 Å². The first-order chi connectivity index (χ1) is 18.3. The molecule has 5 saturated carbocycles. The van der Waals surface area contributed by atoms with Gasteiger partial charge in [-0.05, 0) is 135 Å². The lowest BCUT2D eigenvalue weighted by Crippen LogP contribution is -2.66. The fourth-order valence-corrected chi connectivity index (χ4v) is 12.4. The Hall–Kier alpha value is -1.57. The van der Waals surface area contributed by atoms with Crippen LogP contribution in [0.25, 0.3) is 0 Å². The van der Waals surface area contributed by atoms with Crippen LogP contribution in [0.15, 0.2) is 42.5 Å². The molecule has 0 spiro atoms. The minimum atomic E-state index is -0.153. The third kappa shape index (κ3) is 3.74. The van der Waals surface area contributed by atoms with Crippen LogP contribution < -0.4 is 0 Å². The number of carbonyl (C=O) groups excluding carboxylic acids is 1. The fraction of sp³-hybridized carbons (Fsp3) is 0.757. The zero-order valence-electron chi connectivity index (χ0n) is 25.9. The van der Waals surface area contributed by atoms with Crippen LogP contribution in [0, 0.1) is 56.7 Å². The maximum absolute atomic E-state index is 13.1. The molecule has 0 amide bonds. The summed E-state index contributed by atoms with van der Waals surface area (Å²) >= 11 is 0. The van der Waals surface area contributed by atoms with E-state index in [9.17, 15) is 4.79 Å². The normalized spacial score (nSPS) is 48.2. The molecular formula is C37H54O2. The Kier molecular flexibility index (Phi) is 6.34. The highest BCUT2D eigenvalue weighted by atomic mass is 16.5. The van der Waals surface area contributed by atoms with Gasteiger partial charge in [0.05, 0.1) is 5.56 Å². The van der Waals surface area contributed by atoms with Crippen molar-refractivity contribution in [3.8, 4) is 0 Å². The molecule has 0 aromatic heterocycles. The van der Waals surface area contributed by atoms with E-state index >= 15 is 0 Å². The van der Waals surface area contributed by atoms with Crippen LogP contribution in [-0.4, -0.2) is 12.1 Å². The number of hydrogen-bond donors (Lipinski definition) is 0. The van der Waals surface area contributed by atoms with E-state index in [-0.39, 0.29) is 17.5 Å². The molecule has 5 fully saturated rings. The number of rotatable bonds is 3. The molecule has 0 heterocycles. The van der Waals surface area contributed by atoms with Crippen LogP contribution in [0.2, 0.25) is 0 Å². The second-order valence-corrected chi connectivity index (χ2v) is 16.5. The molecule has 39 heavy (non-hydrogen) atoms. The van der Waals surface area contributed by atoms with Gasteiger partial charge in [0, 0.05) is 5.41 Å². The van der Waals surface area contributed by atoms with Gasteiger partial charge in [0.15, 0.2) is 0 Å². The summed E-state index contributed by atoms with van der Waals surface area (Å²) < 4.78 is 6.30. The monoisotopic (exact) mass is 530 g/mol. The van der Waals surface area contributed by atoms with E-state index < -0.39 is 0 Å². The summed E-state index contributed by atoms with van der Waals surface area (Å²) in [7, 11) is 0. The van der Waals surface area contributed by atoms with Crippen LogP contribution in [-0.2, 0) is 4.74 Å². The Balaban J connectivity index is 1.28. The SMILES string of the molecule is C=C(C)[C@@H]1CC[C@]2(C)CC[C@]3(C)[C@H](CC[C@@H]4[C@@]5(C)CC[C@H](OC(=O)c6ccccc6)C(C)(C)[C@@H]5CC[C@]43C)[C@@H]12. The first-order valence-corrected chi connectivity index (χ1v) is 16.2. The number of ether oxygens (including phenoxy) is 1. The minimum Gasteiger partial charge on any atom is -0.458 e. The molecule has 1 aromatic carbocycles. The van der Waals surface area contributed by atoms with Gasteiger partial charge in [-0.2, -0.15) is 0 Å². The first kappa shape index (κ1) is 27.6. The molecule has 2 heteroatoms. The van der Waals surface area contributed by atoms with Crippen molar-refractivity contribution in [3.05, 3.63) is 48.0 Å². The second kappa shape index (κ2) is 8.96. The quantitative estimate of drug-likeness (QED) is 0.287. The van der Waals surface area contributed by atoms with E-state index in [0.717, 1.165) is 30.1 Å². The molecule has 214 valence electrons. The molecule has 10 atom stereocenters. The molecule has 0 saturated heterocycles. The Bertz CT molecular complexity index is 1140. The molecule has 0 bridgehead atoms. The summed E-state index contributed by atoms with van der Waals surface area (Å²) in [5, 5.41) is 0. The lowest BCUT2D eigenvalue weighted by Gasteiger charge is -2.73. The number of hydrogen-bond acceptors (Lipinski definition) is 2. The van der Waals surface area contributed by atoms with E-state index in [0.29, 0.717) is 33.1 Å². The third-order valence-electron chi connectivity index (χ3n) is 14.7. The fourth-order valence-electron chi connectivity index (χ4n) is 12.4. The molecule has 0 aliphatic heterocycles. The Morgan fingerprint density at radius 1 is 0.795 bits per heavy atom. The first-order valence-electron chi connectivity index (χ1n) is 16.2. The molecule has 2 nitrogen and oxygen atoms in total. The van der Waals surface area contributed by atoms with Crippen LogP contribution in [0.4, 0.5) is 0 Å². The summed E-state index contributed by atoms with van der Waals surface area (Å²) in [5.41, 5.74) is 3.72. The standard InChI is InChI=1S/C37H54O2/c1-24(2)26-16-19-34(5)22-23-36(7)27(31(26)34)14-15-29-35(6)20-18-30(39-32(38)25-12-10-9-11-13-25)33(3,4)28(35)17-21-37(29,36)8/h9-13,26-31H,1,14-23H2,2-8H3/t26-,27+,28-,29+,30-,31+,34+,35-,36+,37+/m0/s1. The lowest BCUT2D eigenvalue weighted by atomic mass is 9.32. The maximum Gasteiger partial charge on any atom is 0.338 e. The summed E-state index contributed by atoms with van der Waals surface area (Å²) in [6.45, 7) is 22.4. The molecule has 0 N–H and O–H groups in total. The van der Waals surface area contributed by atoms with Gasteiger partial charge in [0.25, 0.3) is 0 Å². The van der Waals surface area contributed by atoms with Crippen molar-refractivity contribution in [2.24, 2.45) is 56.7 Å². The number of allylic oxidation sites excluding steroid dienone is 1. The van der Waals surface area contributed by atoms with Crippen molar-refractivity contribution < 1.29 is 9.53 Å². The molecular weight excluding hydrogens is 476 g/mol. The van der Waals surface area contributed by atoms with E-state index in [2.05, 4.69) is 55.0 Å². The van der Waals surface area contributed by atoms with Gasteiger partial charge in [-0.1, -0.05) is 71.9 Å². The summed E-state index contributed by atoms with van der Waals surface area (Å²) in [6, 6.07) is 9.57. The lowest BCUT2D eigenvalue weighted by molar-refractivity contribution is -0.246. The largest absolute Gasteiger partial charge is 0.458 e. The van der Waals surface area contributed by atoms with Crippen LogP contribution in [0.1, 0.15) is 123 Å². The molecule has 1 aromatic rings. The van der Waals surface area contributed by atoms with Crippen molar-refractivity contribution in [3.63, 3.8) is 0 Å². The maximum atomic E-state index is 13.1. The Morgan fingerprint density at radius 3 is 2.21 bits per heavy atom. The summed E-state index contributed by atoms with van der Waals surface area (Å²) in [5.74, 6) is 3.57.